The van der Waals surface area contributed by atoms with Gasteiger partial charge in [-0.15, -0.1) is 8.58 Å². The summed E-state index contributed by atoms with van der Waals surface area (Å²) in [7, 11) is 1.08. The van der Waals surface area contributed by atoms with E-state index in [9.17, 15) is 0 Å². The van der Waals surface area contributed by atoms with Crippen molar-refractivity contribution in [1.29, 1.82) is 0 Å². The molecular weight excluding hydrogens is 297 g/mol. The van der Waals surface area contributed by atoms with Crippen LogP contribution >= 0.6 is 8.58 Å². The SMILES string of the molecule is C/C=N\C(C)(C)CCCCCCCCCCCCC(C)(C)PC. The quantitative estimate of drug-likeness (QED) is 0.165. The Kier molecular flexibility index (Phi) is 13.5. The highest BCUT2D eigenvalue weighted by Gasteiger charge is 2.14. The van der Waals surface area contributed by atoms with E-state index in [1.807, 2.05) is 13.1 Å². The minimum Gasteiger partial charge on any atom is -0.292 e. The van der Waals surface area contributed by atoms with E-state index in [4.69, 9.17) is 0 Å². The first-order valence-electron chi connectivity index (χ1n) is 10.0. The molecule has 0 aromatic rings. The summed E-state index contributed by atoms with van der Waals surface area (Å²) in [5, 5.41) is 0.594. The fourth-order valence-corrected chi connectivity index (χ4v) is 3.50. The molecule has 0 aliphatic rings. The van der Waals surface area contributed by atoms with Crippen LogP contribution in [-0.2, 0) is 0 Å². The van der Waals surface area contributed by atoms with Crippen molar-refractivity contribution >= 4 is 14.8 Å². The van der Waals surface area contributed by atoms with Gasteiger partial charge in [-0.2, -0.15) is 0 Å². The molecule has 0 heterocycles. The lowest BCUT2D eigenvalue weighted by atomic mass is 9.96. The maximum absolute atomic E-state index is 4.54. The van der Waals surface area contributed by atoms with E-state index in [2.05, 4.69) is 39.4 Å². The van der Waals surface area contributed by atoms with E-state index < -0.39 is 0 Å². The van der Waals surface area contributed by atoms with Crippen LogP contribution in [0.3, 0.4) is 0 Å². The molecule has 1 unspecified atom stereocenters. The van der Waals surface area contributed by atoms with E-state index in [1.165, 1.54) is 77.0 Å². The third-order valence-electron chi connectivity index (χ3n) is 5.00. The van der Waals surface area contributed by atoms with Gasteiger partial charge in [-0.05, 0) is 51.6 Å². The second-order valence-corrected chi connectivity index (χ2v) is 10.2. The van der Waals surface area contributed by atoms with E-state index in [0.717, 1.165) is 8.58 Å². The zero-order chi connectivity index (χ0) is 17.6. The lowest BCUT2D eigenvalue weighted by Gasteiger charge is -2.22. The van der Waals surface area contributed by atoms with Crippen LogP contribution < -0.4 is 0 Å². The smallest absolute Gasteiger partial charge is 0.0548 e. The zero-order valence-electron chi connectivity index (χ0n) is 17.0. The van der Waals surface area contributed by atoms with Crippen LogP contribution in [0, 0.1) is 0 Å². The van der Waals surface area contributed by atoms with Gasteiger partial charge in [0.1, 0.15) is 0 Å². The average Bonchev–Trinajstić information content (AvgIpc) is 2.48. The molecule has 138 valence electrons. The summed E-state index contributed by atoms with van der Waals surface area (Å²) in [5.74, 6) is 0. The first kappa shape index (κ1) is 23.1. The maximum atomic E-state index is 4.54. The van der Waals surface area contributed by atoms with E-state index in [1.54, 1.807) is 0 Å². The third kappa shape index (κ3) is 15.4. The number of aliphatic imine (C=N–C) groups is 1. The Morgan fingerprint density at radius 1 is 0.696 bits per heavy atom. The summed E-state index contributed by atoms with van der Waals surface area (Å²) in [5.41, 5.74) is 0.154. The van der Waals surface area contributed by atoms with Crippen LogP contribution in [0.15, 0.2) is 4.99 Å². The molecule has 1 atom stereocenters. The minimum absolute atomic E-state index is 0.154. The maximum Gasteiger partial charge on any atom is 0.0548 e. The Balaban J connectivity index is 3.29. The minimum atomic E-state index is 0.154. The molecule has 0 radical (unpaired) electrons. The van der Waals surface area contributed by atoms with Crippen LogP contribution in [0.25, 0.3) is 0 Å². The number of hydrogen-bond donors (Lipinski definition) is 0. The van der Waals surface area contributed by atoms with Crippen molar-refractivity contribution in [1.82, 2.24) is 0 Å². The largest absolute Gasteiger partial charge is 0.292 e. The van der Waals surface area contributed by atoms with Gasteiger partial charge in [0.2, 0.25) is 0 Å². The third-order valence-corrected chi connectivity index (χ3v) is 6.60. The fourth-order valence-electron chi connectivity index (χ4n) is 3.08. The molecule has 0 N–H and O–H groups in total. The Labute approximate surface area is 149 Å². The highest BCUT2D eigenvalue weighted by Crippen LogP contribution is 2.32. The second kappa shape index (κ2) is 13.4. The molecule has 0 fully saturated rings. The standard InChI is InChI=1S/C21H44NP/c1-7-22-20(2,3)18-16-14-12-10-8-9-11-13-15-17-19-21(4,5)23-6/h7,23H,8-19H2,1-6H3/b22-7-. The topological polar surface area (TPSA) is 12.4 Å². The molecule has 0 spiro atoms. The Hall–Kier alpha value is 0.100. The molecule has 0 aromatic heterocycles. The predicted molar refractivity (Wildman–Crippen MR) is 112 cm³/mol. The molecule has 0 aliphatic heterocycles. The van der Waals surface area contributed by atoms with Crippen molar-refractivity contribution in [2.45, 2.75) is 122 Å². The van der Waals surface area contributed by atoms with Gasteiger partial charge in [-0.3, -0.25) is 4.99 Å². The number of hydrogen-bond acceptors (Lipinski definition) is 1. The van der Waals surface area contributed by atoms with Gasteiger partial charge in [0.25, 0.3) is 0 Å². The van der Waals surface area contributed by atoms with Gasteiger partial charge >= 0.3 is 0 Å². The van der Waals surface area contributed by atoms with Crippen molar-refractivity contribution in [2.24, 2.45) is 4.99 Å². The number of rotatable bonds is 15. The first-order chi connectivity index (χ1) is 10.8. The molecule has 23 heavy (non-hydrogen) atoms. The van der Waals surface area contributed by atoms with Crippen LogP contribution in [0.5, 0.6) is 0 Å². The van der Waals surface area contributed by atoms with Gasteiger partial charge in [-0.25, -0.2) is 0 Å². The van der Waals surface area contributed by atoms with E-state index in [-0.39, 0.29) is 5.54 Å². The van der Waals surface area contributed by atoms with Crippen LogP contribution in [-0.4, -0.2) is 23.6 Å². The van der Waals surface area contributed by atoms with Crippen LogP contribution in [0.1, 0.15) is 112 Å². The van der Waals surface area contributed by atoms with Gasteiger partial charge in [0.05, 0.1) is 5.54 Å². The molecule has 0 saturated heterocycles. The second-order valence-electron chi connectivity index (χ2n) is 8.37. The van der Waals surface area contributed by atoms with Crippen molar-refractivity contribution in [3.05, 3.63) is 0 Å². The summed E-state index contributed by atoms with van der Waals surface area (Å²) >= 11 is 0. The Bertz CT molecular complexity index is 294. The van der Waals surface area contributed by atoms with Crippen molar-refractivity contribution in [3.63, 3.8) is 0 Å². The van der Waals surface area contributed by atoms with Crippen LogP contribution in [0.2, 0.25) is 0 Å². The molecule has 2 heteroatoms. The van der Waals surface area contributed by atoms with Gasteiger partial charge in [0, 0.05) is 0 Å². The lowest BCUT2D eigenvalue weighted by Crippen LogP contribution is -2.16. The molecule has 0 rings (SSSR count). The summed E-state index contributed by atoms with van der Waals surface area (Å²) in [6.45, 7) is 13.7. The summed E-state index contributed by atoms with van der Waals surface area (Å²) < 4.78 is 0. The van der Waals surface area contributed by atoms with Gasteiger partial charge in [0.15, 0.2) is 0 Å². The number of nitrogens with zero attached hydrogens (tertiary/aromatic N) is 1. The molecule has 0 amide bonds. The fraction of sp³-hybridized carbons (Fsp3) is 0.952. The predicted octanol–water partition coefficient (Wildman–Crippen LogP) is 7.62. The highest BCUT2D eigenvalue weighted by molar-refractivity contribution is 7.38. The van der Waals surface area contributed by atoms with Crippen molar-refractivity contribution in [3.8, 4) is 0 Å². The molecular formula is C21H44NP. The molecule has 0 bridgehead atoms. The summed E-state index contributed by atoms with van der Waals surface area (Å²) in [6.07, 6.45) is 18.8. The molecule has 0 aliphatic carbocycles. The van der Waals surface area contributed by atoms with E-state index >= 15 is 0 Å². The molecule has 1 nitrogen and oxygen atoms in total. The van der Waals surface area contributed by atoms with Crippen LogP contribution in [0.4, 0.5) is 0 Å². The zero-order valence-corrected chi connectivity index (χ0v) is 18.0. The van der Waals surface area contributed by atoms with Gasteiger partial charge < -0.3 is 0 Å². The Morgan fingerprint density at radius 3 is 1.48 bits per heavy atom. The van der Waals surface area contributed by atoms with E-state index in [0.29, 0.717) is 5.16 Å². The number of unbranched alkanes of at least 4 members (excludes halogenated alkanes) is 9. The normalized spacial score (nSPS) is 13.7. The monoisotopic (exact) mass is 341 g/mol. The summed E-state index contributed by atoms with van der Waals surface area (Å²) in [4.78, 5) is 4.54. The molecule has 0 aromatic carbocycles. The lowest BCUT2D eigenvalue weighted by molar-refractivity contribution is 0.443. The van der Waals surface area contributed by atoms with Gasteiger partial charge in [-0.1, -0.05) is 78.1 Å². The average molecular weight is 342 g/mol. The Morgan fingerprint density at radius 2 is 1.09 bits per heavy atom. The first-order valence-corrected chi connectivity index (χ1v) is 11.5. The highest BCUT2D eigenvalue weighted by atomic mass is 31.1. The molecule has 0 saturated carbocycles. The van der Waals surface area contributed by atoms with Crippen molar-refractivity contribution < 1.29 is 0 Å². The van der Waals surface area contributed by atoms with Crippen molar-refractivity contribution in [2.75, 3.05) is 6.66 Å². The summed E-state index contributed by atoms with van der Waals surface area (Å²) in [6, 6.07) is 0.